The third-order valence-electron chi connectivity index (χ3n) is 3.31. The third kappa shape index (κ3) is 7.23. The summed E-state index contributed by atoms with van der Waals surface area (Å²) in [6.07, 6.45) is 10.3. The van der Waals surface area contributed by atoms with Gasteiger partial charge in [0.1, 0.15) is 9.84 Å². The molecule has 16 heavy (non-hydrogen) atoms. The molecule has 0 heterocycles. The zero-order valence-electron chi connectivity index (χ0n) is 10.4. The number of hydrogen-bond donors (Lipinski definition) is 1. The molecule has 0 saturated heterocycles. The van der Waals surface area contributed by atoms with Gasteiger partial charge in [0.2, 0.25) is 0 Å². The lowest BCUT2D eigenvalue weighted by molar-refractivity contribution is 0.470. The van der Waals surface area contributed by atoms with Crippen molar-refractivity contribution in [2.75, 3.05) is 25.1 Å². The molecule has 1 rings (SSSR count). The SMILES string of the molecule is CS(=O)(=O)CCCNCCCC1CCCC1. The standard InChI is InChI=1S/C12H25NO2S/c1-16(14,15)11-5-10-13-9-4-8-12-6-2-3-7-12/h12-13H,2-11H2,1H3. The van der Waals surface area contributed by atoms with Gasteiger partial charge in [-0.1, -0.05) is 25.7 Å². The van der Waals surface area contributed by atoms with E-state index in [0.717, 1.165) is 25.4 Å². The molecule has 1 aliphatic carbocycles. The van der Waals surface area contributed by atoms with Crippen molar-refractivity contribution < 1.29 is 8.42 Å². The van der Waals surface area contributed by atoms with Crippen molar-refractivity contribution in [3.8, 4) is 0 Å². The monoisotopic (exact) mass is 247 g/mol. The second-order valence-electron chi connectivity index (χ2n) is 5.03. The first kappa shape index (κ1) is 14.0. The second kappa shape index (κ2) is 7.28. The second-order valence-corrected chi connectivity index (χ2v) is 7.29. The van der Waals surface area contributed by atoms with Crippen LogP contribution in [-0.4, -0.2) is 33.5 Å². The molecule has 4 heteroatoms. The summed E-state index contributed by atoms with van der Waals surface area (Å²) in [4.78, 5) is 0. The normalized spacial score (nSPS) is 18.1. The summed E-state index contributed by atoms with van der Waals surface area (Å²) in [7, 11) is -2.77. The van der Waals surface area contributed by atoms with E-state index in [-0.39, 0.29) is 0 Å². The first-order chi connectivity index (χ1) is 7.58. The molecule has 1 saturated carbocycles. The Morgan fingerprint density at radius 3 is 2.38 bits per heavy atom. The Morgan fingerprint density at radius 1 is 1.12 bits per heavy atom. The van der Waals surface area contributed by atoms with E-state index in [9.17, 15) is 8.42 Å². The quantitative estimate of drug-likeness (QED) is 0.667. The molecule has 1 fully saturated rings. The maximum absolute atomic E-state index is 10.9. The maximum Gasteiger partial charge on any atom is 0.147 e. The van der Waals surface area contributed by atoms with E-state index < -0.39 is 9.84 Å². The summed E-state index contributed by atoms with van der Waals surface area (Å²) in [5, 5.41) is 3.32. The molecule has 0 bridgehead atoms. The maximum atomic E-state index is 10.9. The van der Waals surface area contributed by atoms with Gasteiger partial charge in [-0.05, 0) is 38.3 Å². The molecular weight excluding hydrogens is 222 g/mol. The summed E-state index contributed by atoms with van der Waals surface area (Å²) in [6.45, 7) is 1.87. The van der Waals surface area contributed by atoms with Crippen molar-refractivity contribution in [3.05, 3.63) is 0 Å². The lowest BCUT2D eigenvalue weighted by Gasteiger charge is -2.08. The minimum Gasteiger partial charge on any atom is -0.317 e. The highest BCUT2D eigenvalue weighted by Crippen LogP contribution is 2.28. The molecule has 0 atom stereocenters. The van der Waals surface area contributed by atoms with Crippen LogP contribution in [0.4, 0.5) is 0 Å². The molecule has 0 aromatic rings. The van der Waals surface area contributed by atoms with Crippen LogP contribution in [0.25, 0.3) is 0 Å². The largest absolute Gasteiger partial charge is 0.317 e. The molecule has 96 valence electrons. The number of hydrogen-bond acceptors (Lipinski definition) is 3. The van der Waals surface area contributed by atoms with Gasteiger partial charge in [0, 0.05) is 6.26 Å². The van der Waals surface area contributed by atoms with E-state index in [1.54, 1.807) is 0 Å². The van der Waals surface area contributed by atoms with Crippen LogP contribution in [0.2, 0.25) is 0 Å². The van der Waals surface area contributed by atoms with Crippen molar-refractivity contribution in [1.82, 2.24) is 5.32 Å². The summed E-state index contributed by atoms with van der Waals surface area (Å²) in [5.41, 5.74) is 0. The van der Waals surface area contributed by atoms with Crippen molar-refractivity contribution in [2.24, 2.45) is 5.92 Å². The molecule has 0 amide bonds. The molecule has 0 aromatic heterocycles. The zero-order valence-corrected chi connectivity index (χ0v) is 11.2. The predicted molar refractivity (Wildman–Crippen MR) is 68.4 cm³/mol. The fraction of sp³-hybridized carbons (Fsp3) is 1.00. The highest BCUT2D eigenvalue weighted by molar-refractivity contribution is 7.90. The van der Waals surface area contributed by atoms with Gasteiger partial charge in [-0.15, -0.1) is 0 Å². The average Bonchev–Trinajstić information content (AvgIpc) is 2.67. The molecule has 0 unspecified atom stereocenters. The van der Waals surface area contributed by atoms with Crippen molar-refractivity contribution in [3.63, 3.8) is 0 Å². The van der Waals surface area contributed by atoms with E-state index in [4.69, 9.17) is 0 Å². The molecule has 0 radical (unpaired) electrons. The smallest absolute Gasteiger partial charge is 0.147 e. The minimum absolute atomic E-state index is 0.308. The van der Waals surface area contributed by atoms with Crippen molar-refractivity contribution in [1.29, 1.82) is 0 Å². The Hall–Kier alpha value is -0.0900. The van der Waals surface area contributed by atoms with Gasteiger partial charge >= 0.3 is 0 Å². The molecule has 3 nitrogen and oxygen atoms in total. The number of nitrogens with one attached hydrogen (secondary N) is 1. The summed E-state index contributed by atoms with van der Waals surface area (Å²) in [5.74, 6) is 1.28. The Kier molecular flexibility index (Phi) is 6.36. The summed E-state index contributed by atoms with van der Waals surface area (Å²) in [6, 6.07) is 0. The van der Waals surface area contributed by atoms with Gasteiger partial charge in [-0.3, -0.25) is 0 Å². The van der Waals surface area contributed by atoms with Gasteiger partial charge < -0.3 is 5.32 Å². The van der Waals surface area contributed by atoms with Gasteiger partial charge in [0.05, 0.1) is 5.75 Å². The van der Waals surface area contributed by atoms with Crippen LogP contribution in [-0.2, 0) is 9.84 Å². The van der Waals surface area contributed by atoms with Crippen LogP contribution in [0.5, 0.6) is 0 Å². The van der Waals surface area contributed by atoms with Gasteiger partial charge in [-0.25, -0.2) is 8.42 Å². The molecule has 1 aliphatic rings. The molecule has 0 aliphatic heterocycles. The minimum atomic E-state index is -2.77. The molecule has 0 spiro atoms. The Morgan fingerprint density at radius 2 is 1.75 bits per heavy atom. The highest BCUT2D eigenvalue weighted by Gasteiger charge is 2.13. The van der Waals surface area contributed by atoms with Gasteiger partial charge in [-0.2, -0.15) is 0 Å². The Bertz CT molecular complexity index is 269. The van der Waals surface area contributed by atoms with Crippen LogP contribution in [0.3, 0.4) is 0 Å². The molecule has 0 aromatic carbocycles. The van der Waals surface area contributed by atoms with E-state index in [2.05, 4.69) is 5.32 Å². The van der Waals surface area contributed by atoms with Crippen molar-refractivity contribution in [2.45, 2.75) is 44.9 Å². The fourth-order valence-corrected chi connectivity index (χ4v) is 3.07. The van der Waals surface area contributed by atoms with Crippen LogP contribution in [0, 0.1) is 5.92 Å². The zero-order chi connectivity index (χ0) is 11.9. The Balaban J connectivity index is 1.84. The van der Waals surface area contributed by atoms with Crippen LogP contribution in [0.15, 0.2) is 0 Å². The third-order valence-corrected chi connectivity index (χ3v) is 4.34. The first-order valence-corrected chi connectivity index (χ1v) is 8.52. The topological polar surface area (TPSA) is 46.2 Å². The van der Waals surface area contributed by atoms with Gasteiger partial charge in [0.25, 0.3) is 0 Å². The lowest BCUT2D eigenvalue weighted by atomic mass is 10.0. The highest BCUT2D eigenvalue weighted by atomic mass is 32.2. The van der Waals surface area contributed by atoms with Crippen LogP contribution < -0.4 is 5.32 Å². The van der Waals surface area contributed by atoms with Crippen molar-refractivity contribution >= 4 is 9.84 Å². The van der Waals surface area contributed by atoms with Gasteiger partial charge in [0.15, 0.2) is 0 Å². The fourth-order valence-electron chi connectivity index (χ4n) is 2.40. The predicted octanol–water partition coefficient (Wildman–Crippen LogP) is 1.98. The number of sulfone groups is 1. The van der Waals surface area contributed by atoms with E-state index >= 15 is 0 Å². The Labute approximate surface area is 99.9 Å². The summed E-state index contributed by atoms with van der Waals surface area (Å²) < 4.78 is 21.7. The number of rotatable bonds is 8. The lowest BCUT2D eigenvalue weighted by Crippen LogP contribution is -2.19. The van der Waals surface area contributed by atoms with E-state index in [1.165, 1.54) is 44.8 Å². The molecular formula is C12H25NO2S. The average molecular weight is 247 g/mol. The first-order valence-electron chi connectivity index (χ1n) is 6.46. The molecule has 1 N–H and O–H groups in total. The van der Waals surface area contributed by atoms with E-state index in [1.807, 2.05) is 0 Å². The van der Waals surface area contributed by atoms with Crippen LogP contribution >= 0.6 is 0 Å². The van der Waals surface area contributed by atoms with Crippen LogP contribution in [0.1, 0.15) is 44.9 Å². The van der Waals surface area contributed by atoms with E-state index in [0.29, 0.717) is 5.75 Å². The summed E-state index contributed by atoms with van der Waals surface area (Å²) >= 11 is 0.